The largest absolute Gasteiger partial charge is 0.405 e. The molecular formula is C30H30FN5O6. The first-order chi connectivity index (χ1) is 20.0. The Morgan fingerprint density at radius 2 is 1.71 bits per heavy atom. The van der Waals surface area contributed by atoms with Gasteiger partial charge in [0.05, 0.1) is 17.7 Å². The van der Waals surface area contributed by atoms with E-state index in [0.717, 1.165) is 6.92 Å². The van der Waals surface area contributed by atoms with E-state index in [1.165, 1.54) is 25.1 Å². The summed E-state index contributed by atoms with van der Waals surface area (Å²) < 4.78 is 25.2. The number of nitrogens with zero attached hydrogens (tertiary/aromatic N) is 1. The number of imide groups is 1. The number of ether oxygens (including phenoxy) is 2. The van der Waals surface area contributed by atoms with E-state index in [1.54, 1.807) is 49.4 Å². The molecule has 0 aromatic heterocycles. The minimum atomic E-state index is -2.73. The number of rotatable bonds is 11. The monoisotopic (exact) mass is 575 g/mol. The van der Waals surface area contributed by atoms with E-state index in [2.05, 4.69) is 10.6 Å². The minimum absolute atomic E-state index is 0.0362. The fourth-order valence-electron chi connectivity index (χ4n) is 4.55. The Kier molecular flexibility index (Phi) is 8.67. The van der Waals surface area contributed by atoms with Gasteiger partial charge in [-0.3, -0.25) is 24.6 Å². The van der Waals surface area contributed by atoms with Gasteiger partial charge in [-0.15, -0.1) is 0 Å². The van der Waals surface area contributed by atoms with Crippen molar-refractivity contribution in [2.75, 3.05) is 11.9 Å². The molecule has 0 bridgehead atoms. The van der Waals surface area contributed by atoms with Crippen molar-refractivity contribution in [3.8, 4) is 0 Å². The van der Waals surface area contributed by atoms with Crippen molar-refractivity contribution in [3.05, 3.63) is 99.9 Å². The van der Waals surface area contributed by atoms with Crippen LogP contribution in [0.5, 0.6) is 0 Å². The van der Waals surface area contributed by atoms with Gasteiger partial charge < -0.3 is 25.8 Å². The maximum Gasteiger partial charge on any atom is 0.390 e. The van der Waals surface area contributed by atoms with E-state index >= 15 is 0 Å². The summed E-state index contributed by atoms with van der Waals surface area (Å²) in [6, 6.07) is 15.5. The van der Waals surface area contributed by atoms with Crippen LogP contribution in [0.15, 0.2) is 60.7 Å². The number of nitrogens with two attached hydrogens (primary N) is 1. The number of hydrogen-bond donors (Lipinski definition) is 4. The second-order valence-corrected chi connectivity index (χ2v) is 9.52. The highest BCUT2D eigenvalue weighted by Gasteiger charge is 2.58. The smallest absolute Gasteiger partial charge is 0.390 e. The Morgan fingerprint density at radius 3 is 2.38 bits per heavy atom. The quantitative estimate of drug-likeness (QED) is 0.0890. The molecule has 1 aliphatic heterocycles. The first-order valence-corrected chi connectivity index (χ1v) is 13.0. The molecule has 11 nitrogen and oxygen atoms in total. The lowest BCUT2D eigenvalue weighted by Crippen LogP contribution is -2.64. The zero-order chi connectivity index (χ0) is 30.6. The standard InChI is InChI=1S/C30H30FN5O6/c1-4-41-30(42-18(3)37,36-27(38)22-12-9-17(2)13-23(22)28(36)39)29(40)35-16-21-11-10-19(26(32)33)14-25(21)34-15-20-7-5-6-8-24(20)31/h5-14,34H,4,15-16H2,1-3H3,(H3,32,33)(H,35,40)/t30-/m0/s1. The van der Waals surface area contributed by atoms with E-state index in [9.17, 15) is 23.6 Å². The summed E-state index contributed by atoms with van der Waals surface area (Å²) in [7, 11) is 0. The molecule has 42 heavy (non-hydrogen) atoms. The Labute approximate surface area is 241 Å². The van der Waals surface area contributed by atoms with Crippen LogP contribution in [0.25, 0.3) is 0 Å². The first-order valence-electron chi connectivity index (χ1n) is 13.0. The van der Waals surface area contributed by atoms with Crippen molar-refractivity contribution in [2.45, 2.75) is 39.8 Å². The van der Waals surface area contributed by atoms with Crippen molar-refractivity contribution < 1.29 is 33.0 Å². The van der Waals surface area contributed by atoms with Gasteiger partial charge in [-0.2, -0.15) is 0 Å². The van der Waals surface area contributed by atoms with Crippen LogP contribution < -0.4 is 16.4 Å². The van der Waals surface area contributed by atoms with Crippen LogP contribution in [-0.4, -0.2) is 46.9 Å². The number of esters is 1. The lowest BCUT2D eigenvalue weighted by atomic mass is 10.1. The number of benzene rings is 3. The molecule has 4 rings (SSSR count). The van der Waals surface area contributed by atoms with Gasteiger partial charge in [0.1, 0.15) is 11.7 Å². The summed E-state index contributed by atoms with van der Waals surface area (Å²) >= 11 is 0. The van der Waals surface area contributed by atoms with Gasteiger partial charge in [-0.1, -0.05) is 42.0 Å². The maximum absolute atomic E-state index is 14.2. The lowest BCUT2D eigenvalue weighted by molar-refractivity contribution is -0.260. The summed E-state index contributed by atoms with van der Waals surface area (Å²) in [5, 5.41) is 13.5. The summed E-state index contributed by atoms with van der Waals surface area (Å²) in [5.41, 5.74) is 8.12. The highest BCUT2D eigenvalue weighted by molar-refractivity contribution is 6.23. The molecule has 1 aliphatic rings. The number of nitrogens with one attached hydrogen (secondary N) is 3. The minimum Gasteiger partial charge on any atom is -0.405 e. The van der Waals surface area contributed by atoms with E-state index in [1.807, 2.05) is 0 Å². The van der Waals surface area contributed by atoms with Gasteiger partial charge in [-0.05, 0) is 43.7 Å². The number of aryl methyl sites for hydroxylation is 1. The van der Waals surface area contributed by atoms with Crippen LogP contribution in [0.2, 0.25) is 0 Å². The summed E-state index contributed by atoms with van der Waals surface area (Å²) in [4.78, 5) is 53.3. The van der Waals surface area contributed by atoms with Gasteiger partial charge in [0.2, 0.25) is 0 Å². The molecule has 3 aromatic rings. The topological polar surface area (TPSA) is 164 Å². The maximum atomic E-state index is 14.2. The number of carbonyl (C=O) groups excluding carboxylic acids is 4. The van der Waals surface area contributed by atoms with Gasteiger partial charge in [0.15, 0.2) is 0 Å². The Balaban J connectivity index is 1.66. The zero-order valence-corrected chi connectivity index (χ0v) is 23.2. The van der Waals surface area contributed by atoms with Crippen molar-refractivity contribution in [3.63, 3.8) is 0 Å². The molecular weight excluding hydrogens is 545 g/mol. The third-order valence-corrected chi connectivity index (χ3v) is 6.53. The predicted molar refractivity (Wildman–Crippen MR) is 151 cm³/mol. The van der Waals surface area contributed by atoms with Gasteiger partial charge in [-0.25, -0.2) is 9.29 Å². The number of nitrogen functional groups attached to an aromatic ring is 1. The summed E-state index contributed by atoms with van der Waals surface area (Å²) in [5.74, 6) is -7.13. The second kappa shape index (κ2) is 12.2. The van der Waals surface area contributed by atoms with Crippen molar-refractivity contribution in [1.82, 2.24) is 10.2 Å². The van der Waals surface area contributed by atoms with Crippen molar-refractivity contribution in [1.29, 1.82) is 5.41 Å². The number of hydrogen-bond acceptors (Lipinski definition) is 8. The van der Waals surface area contributed by atoms with Crippen LogP contribution >= 0.6 is 0 Å². The molecule has 0 saturated heterocycles. The van der Waals surface area contributed by atoms with Gasteiger partial charge in [0.25, 0.3) is 11.8 Å². The summed E-state index contributed by atoms with van der Waals surface area (Å²) in [6.07, 6.45) is 0. The number of amidine groups is 1. The van der Waals surface area contributed by atoms with Crippen LogP contribution in [-0.2, 0) is 32.2 Å². The van der Waals surface area contributed by atoms with E-state index in [4.69, 9.17) is 20.6 Å². The lowest BCUT2D eigenvalue weighted by Gasteiger charge is -2.36. The number of anilines is 1. The van der Waals surface area contributed by atoms with Crippen LogP contribution in [0.1, 0.15) is 56.8 Å². The number of halogens is 1. The molecule has 0 aliphatic carbocycles. The fourth-order valence-corrected chi connectivity index (χ4v) is 4.55. The average molecular weight is 576 g/mol. The molecule has 12 heteroatoms. The van der Waals surface area contributed by atoms with Crippen LogP contribution in [0.3, 0.4) is 0 Å². The number of carbonyl (C=O) groups is 4. The highest BCUT2D eigenvalue weighted by Crippen LogP contribution is 2.33. The molecule has 0 spiro atoms. The molecule has 3 aromatic carbocycles. The Hall–Kier alpha value is -5.10. The van der Waals surface area contributed by atoms with Crippen LogP contribution in [0, 0.1) is 18.2 Å². The normalized spacial score (nSPS) is 13.8. The highest BCUT2D eigenvalue weighted by atomic mass is 19.1. The number of amides is 3. The molecule has 1 heterocycles. The molecule has 5 N–H and O–H groups in total. The second-order valence-electron chi connectivity index (χ2n) is 9.52. The molecule has 0 radical (unpaired) electrons. The fraction of sp³-hybridized carbons (Fsp3) is 0.233. The third kappa shape index (κ3) is 5.84. The Bertz CT molecular complexity index is 1590. The summed E-state index contributed by atoms with van der Waals surface area (Å²) in [6.45, 7) is 3.96. The van der Waals surface area contributed by atoms with E-state index < -0.39 is 35.4 Å². The third-order valence-electron chi connectivity index (χ3n) is 6.53. The van der Waals surface area contributed by atoms with Crippen molar-refractivity contribution in [2.24, 2.45) is 5.73 Å². The number of fused-ring (bicyclic) bond motifs is 1. The molecule has 0 unspecified atom stereocenters. The first kappa shape index (κ1) is 29.9. The van der Waals surface area contributed by atoms with Gasteiger partial charge >= 0.3 is 17.8 Å². The van der Waals surface area contributed by atoms with E-state index in [0.29, 0.717) is 32.8 Å². The SMILES string of the molecule is CCO[C@](OC(C)=O)(C(=O)NCc1ccc(C(=N)N)cc1NCc1ccccc1F)N1C(=O)c2ccc(C)cc2C1=O. The molecule has 1 atom stereocenters. The molecule has 218 valence electrons. The molecule has 0 saturated carbocycles. The van der Waals surface area contributed by atoms with Crippen molar-refractivity contribution >= 4 is 35.2 Å². The zero-order valence-electron chi connectivity index (χ0n) is 23.2. The van der Waals surface area contributed by atoms with E-state index in [-0.39, 0.29) is 36.7 Å². The molecule has 0 fully saturated rings. The van der Waals surface area contributed by atoms with Gasteiger partial charge in [0, 0.05) is 36.8 Å². The molecule has 3 amide bonds. The average Bonchev–Trinajstić information content (AvgIpc) is 3.19. The van der Waals surface area contributed by atoms with Crippen LogP contribution in [0.4, 0.5) is 10.1 Å². The predicted octanol–water partition coefficient (Wildman–Crippen LogP) is 3.20. The Morgan fingerprint density at radius 1 is 1.00 bits per heavy atom.